The molecule has 0 atom stereocenters. The van der Waals surface area contributed by atoms with Crippen LogP contribution in [0.1, 0.15) is 19.4 Å². The molecule has 0 spiro atoms. The van der Waals surface area contributed by atoms with E-state index in [9.17, 15) is 4.79 Å². The number of nitrogens with zero attached hydrogens (tertiary/aromatic N) is 4. The van der Waals surface area contributed by atoms with E-state index in [0.717, 1.165) is 16.7 Å². The zero-order valence-corrected chi connectivity index (χ0v) is 16.3. The molecule has 1 aromatic heterocycles. The lowest BCUT2D eigenvalue weighted by molar-refractivity contribution is -0.121. The molecule has 3 aromatic rings. The van der Waals surface area contributed by atoms with Crippen molar-refractivity contribution in [1.29, 1.82) is 0 Å². The number of rotatable bonds is 4. The van der Waals surface area contributed by atoms with Gasteiger partial charge in [0.2, 0.25) is 0 Å². The van der Waals surface area contributed by atoms with E-state index < -0.39 is 0 Å². The number of anilines is 1. The molecule has 28 heavy (non-hydrogen) atoms. The lowest BCUT2D eigenvalue weighted by Gasteiger charge is -2.23. The highest BCUT2D eigenvalue weighted by molar-refractivity contribution is 5.83. The van der Waals surface area contributed by atoms with Crippen LogP contribution in [0, 0.1) is 0 Å². The Labute approximate surface area is 164 Å². The van der Waals surface area contributed by atoms with Gasteiger partial charge < -0.3 is 9.47 Å². The Morgan fingerprint density at radius 1 is 1.18 bits per heavy atom. The van der Waals surface area contributed by atoms with Crippen LogP contribution in [0.3, 0.4) is 0 Å². The Morgan fingerprint density at radius 3 is 2.75 bits per heavy atom. The van der Waals surface area contributed by atoms with Crippen LogP contribution < -0.4 is 10.3 Å². The first-order chi connectivity index (χ1) is 13.5. The molecule has 0 saturated carbocycles. The largest absolute Gasteiger partial charge is 0.347 e. The predicted octanol–water partition coefficient (Wildman–Crippen LogP) is 3.45. The third-order valence-electron chi connectivity index (χ3n) is 5.28. The van der Waals surface area contributed by atoms with Gasteiger partial charge in [-0.3, -0.25) is 4.79 Å². The monoisotopic (exact) mass is 373 g/mol. The molecule has 1 aliphatic heterocycles. The third kappa shape index (κ3) is 3.07. The average Bonchev–Trinajstić information content (AvgIpc) is 3.17. The number of hydrogen-bond acceptors (Lipinski definition) is 4. The van der Waals surface area contributed by atoms with E-state index in [1.807, 2.05) is 41.0 Å². The summed E-state index contributed by atoms with van der Waals surface area (Å²) in [5.41, 5.74) is 7.89. The summed E-state index contributed by atoms with van der Waals surface area (Å²) in [7, 11) is 2.05. The number of likely N-dealkylation sites (N-methyl/N-ethyl adjacent to an activating group) is 1. The Balaban J connectivity index is 1.43. The number of benzene rings is 2. The minimum atomic E-state index is -0.194. The maximum absolute atomic E-state index is 12.2. The number of nitrogens with one attached hydrogen (secondary N) is 1. The van der Waals surface area contributed by atoms with Gasteiger partial charge in [0.05, 0.1) is 17.4 Å². The minimum absolute atomic E-state index is 0.114. The second kappa shape index (κ2) is 6.96. The van der Waals surface area contributed by atoms with Crippen LogP contribution in [0.15, 0.2) is 71.7 Å². The number of allylic oxidation sites excluding steroid dienone is 2. The molecule has 0 radical (unpaired) electrons. The molecule has 0 aliphatic carbocycles. The number of imidazole rings is 1. The summed E-state index contributed by atoms with van der Waals surface area (Å²) < 4.78 is 1.81. The number of amides is 1. The van der Waals surface area contributed by atoms with Crippen molar-refractivity contribution >= 4 is 28.8 Å². The van der Waals surface area contributed by atoms with Gasteiger partial charge in [0.1, 0.15) is 6.54 Å². The van der Waals surface area contributed by atoms with Crippen molar-refractivity contribution in [3.8, 4) is 0 Å². The second-order valence-corrected chi connectivity index (χ2v) is 7.43. The number of hydrogen-bond donors (Lipinski definition) is 1. The Kier molecular flexibility index (Phi) is 4.47. The maximum Gasteiger partial charge on any atom is 0.260 e. The normalized spacial score (nSPS) is 16.8. The van der Waals surface area contributed by atoms with Crippen LogP contribution in [0.5, 0.6) is 0 Å². The van der Waals surface area contributed by atoms with Crippen molar-refractivity contribution in [2.45, 2.75) is 25.8 Å². The number of carbonyl (C=O) groups is 1. The van der Waals surface area contributed by atoms with E-state index in [1.165, 1.54) is 11.3 Å². The molecular formula is C22H23N5O. The molecule has 6 heteroatoms. The fourth-order valence-corrected chi connectivity index (χ4v) is 3.85. The van der Waals surface area contributed by atoms with Gasteiger partial charge in [0.25, 0.3) is 5.91 Å². The summed E-state index contributed by atoms with van der Waals surface area (Å²) >= 11 is 0. The fourth-order valence-electron chi connectivity index (χ4n) is 3.85. The topological polar surface area (TPSA) is 62.5 Å². The predicted molar refractivity (Wildman–Crippen MR) is 112 cm³/mol. The van der Waals surface area contributed by atoms with E-state index in [1.54, 1.807) is 12.5 Å². The molecule has 0 fully saturated rings. The number of hydrazone groups is 1. The highest BCUT2D eigenvalue weighted by Gasteiger charge is 2.37. The van der Waals surface area contributed by atoms with Crippen molar-refractivity contribution in [2.75, 3.05) is 11.9 Å². The molecule has 0 unspecified atom stereocenters. The SMILES string of the molecule is CN1/C(=C\C=N/NC(=O)Cn2cnc3ccccc32)C(C)(C)c2ccccc21. The summed E-state index contributed by atoms with van der Waals surface area (Å²) in [4.78, 5) is 18.7. The van der Waals surface area contributed by atoms with Crippen LogP contribution in [-0.2, 0) is 16.8 Å². The summed E-state index contributed by atoms with van der Waals surface area (Å²) in [6.07, 6.45) is 5.26. The second-order valence-electron chi connectivity index (χ2n) is 7.43. The maximum atomic E-state index is 12.2. The molecule has 142 valence electrons. The first-order valence-electron chi connectivity index (χ1n) is 9.24. The molecule has 1 aliphatic rings. The Morgan fingerprint density at radius 2 is 1.93 bits per heavy atom. The molecule has 0 bridgehead atoms. The highest BCUT2D eigenvalue weighted by Crippen LogP contribution is 2.46. The third-order valence-corrected chi connectivity index (χ3v) is 5.28. The van der Waals surface area contributed by atoms with Crippen molar-refractivity contribution in [3.63, 3.8) is 0 Å². The van der Waals surface area contributed by atoms with Crippen LogP contribution in [-0.4, -0.2) is 28.7 Å². The van der Waals surface area contributed by atoms with Crippen LogP contribution in [0.25, 0.3) is 11.0 Å². The molecule has 2 heterocycles. The van der Waals surface area contributed by atoms with Crippen LogP contribution >= 0.6 is 0 Å². The van der Waals surface area contributed by atoms with Gasteiger partial charge >= 0.3 is 0 Å². The summed E-state index contributed by atoms with van der Waals surface area (Å²) in [6.45, 7) is 4.56. The first kappa shape index (κ1) is 18.0. The summed E-state index contributed by atoms with van der Waals surface area (Å²) in [6, 6.07) is 16.1. The molecular weight excluding hydrogens is 350 g/mol. The Bertz CT molecular complexity index is 1090. The highest BCUT2D eigenvalue weighted by atomic mass is 16.2. The van der Waals surface area contributed by atoms with Gasteiger partial charge in [-0.15, -0.1) is 0 Å². The first-order valence-corrected chi connectivity index (χ1v) is 9.24. The van der Waals surface area contributed by atoms with E-state index in [-0.39, 0.29) is 17.9 Å². The number of fused-ring (bicyclic) bond motifs is 2. The van der Waals surface area contributed by atoms with Gasteiger partial charge in [0.15, 0.2) is 0 Å². The summed E-state index contributed by atoms with van der Waals surface area (Å²) in [5, 5.41) is 4.10. The van der Waals surface area contributed by atoms with E-state index in [4.69, 9.17) is 0 Å². The lowest BCUT2D eigenvalue weighted by atomic mass is 9.84. The van der Waals surface area contributed by atoms with Gasteiger partial charge in [-0.1, -0.05) is 44.2 Å². The molecule has 4 rings (SSSR count). The van der Waals surface area contributed by atoms with Crippen molar-refractivity contribution in [1.82, 2.24) is 15.0 Å². The van der Waals surface area contributed by atoms with Crippen LogP contribution in [0.4, 0.5) is 5.69 Å². The summed E-state index contributed by atoms with van der Waals surface area (Å²) in [5.74, 6) is -0.194. The number of para-hydroxylation sites is 3. The van der Waals surface area contributed by atoms with Crippen molar-refractivity contribution in [2.24, 2.45) is 5.10 Å². The zero-order chi connectivity index (χ0) is 19.7. The van der Waals surface area contributed by atoms with Crippen LogP contribution in [0.2, 0.25) is 0 Å². The molecule has 1 amide bonds. The molecule has 1 N–H and O–H groups in total. The minimum Gasteiger partial charge on any atom is -0.347 e. The van der Waals surface area contributed by atoms with Crippen molar-refractivity contribution in [3.05, 3.63) is 72.2 Å². The quantitative estimate of drug-likeness (QED) is 0.563. The standard InChI is InChI=1S/C22H23N5O/c1-22(2)16-8-4-6-10-18(16)26(3)20(22)12-13-24-25-21(28)14-27-15-23-17-9-5-7-11-19(17)27/h4-13,15H,14H2,1-3H3,(H,25,28)/b20-12-,24-13-. The smallest absolute Gasteiger partial charge is 0.260 e. The van der Waals surface area contributed by atoms with Gasteiger partial charge in [-0.25, -0.2) is 10.4 Å². The fraction of sp³-hybridized carbons (Fsp3) is 0.227. The van der Waals surface area contributed by atoms with Crippen molar-refractivity contribution < 1.29 is 4.79 Å². The van der Waals surface area contributed by atoms with E-state index >= 15 is 0 Å². The number of carbonyl (C=O) groups excluding carboxylic acids is 1. The molecule has 2 aromatic carbocycles. The van der Waals surface area contributed by atoms with Gasteiger partial charge in [-0.2, -0.15) is 5.10 Å². The number of aromatic nitrogens is 2. The van der Waals surface area contributed by atoms with E-state index in [2.05, 4.69) is 59.5 Å². The zero-order valence-electron chi connectivity index (χ0n) is 16.3. The molecule has 6 nitrogen and oxygen atoms in total. The Hall–Kier alpha value is -3.41. The molecule has 0 saturated heterocycles. The average molecular weight is 373 g/mol. The lowest BCUT2D eigenvalue weighted by Crippen LogP contribution is -2.24. The van der Waals surface area contributed by atoms with Gasteiger partial charge in [0, 0.05) is 30.1 Å². The van der Waals surface area contributed by atoms with Gasteiger partial charge in [-0.05, 0) is 29.8 Å². The van der Waals surface area contributed by atoms with E-state index in [0.29, 0.717) is 0 Å².